The SMILES string of the molecule is Cc1cccc(OCC(=O)NNC(=O)CN2CCCCCCC2=O)c1. The molecule has 1 heterocycles. The van der Waals surface area contributed by atoms with Crippen LogP contribution in [-0.2, 0) is 14.4 Å². The fourth-order valence-corrected chi connectivity index (χ4v) is 2.62. The van der Waals surface area contributed by atoms with Crippen molar-refractivity contribution in [1.29, 1.82) is 0 Å². The zero-order chi connectivity index (χ0) is 18.1. The van der Waals surface area contributed by atoms with E-state index in [0.717, 1.165) is 31.2 Å². The van der Waals surface area contributed by atoms with Gasteiger partial charge < -0.3 is 9.64 Å². The molecule has 0 aromatic heterocycles. The topological polar surface area (TPSA) is 87.7 Å². The van der Waals surface area contributed by atoms with Gasteiger partial charge in [0.05, 0.1) is 0 Å². The average molecular weight is 347 g/mol. The number of carbonyl (C=O) groups is 3. The van der Waals surface area contributed by atoms with Crippen LogP contribution in [0.3, 0.4) is 0 Å². The summed E-state index contributed by atoms with van der Waals surface area (Å²) in [6, 6.07) is 7.34. The highest BCUT2D eigenvalue weighted by Gasteiger charge is 2.18. The van der Waals surface area contributed by atoms with Gasteiger partial charge in [-0.3, -0.25) is 25.2 Å². The molecule has 0 radical (unpaired) electrons. The molecular formula is C18H25N3O4. The highest BCUT2D eigenvalue weighted by atomic mass is 16.5. The van der Waals surface area contributed by atoms with Crippen molar-refractivity contribution in [1.82, 2.24) is 15.8 Å². The van der Waals surface area contributed by atoms with Gasteiger partial charge in [0.1, 0.15) is 12.3 Å². The number of nitrogens with one attached hydrogen (secondary N) is 2. The van der Waals surface area contributed by atoms with Crippen molar-refractivity contribution in [3.63, 3.8) is 0 Å². The van der Waals surface area contributed by atoms with Crippen LogP contribution in [0.5, 0.6) is 5.75 Å². The van der Waals surface area contributed by atoms with E-state index in [0.29, 0.717) is 18.7 Å². The zero-order valence-electron chi connectivity index (χ0n) is 14.5. The molecule has 1 fully saturated rings. The predicted molar refractivity (Wildman–Crippen MR) is 92.6 cm³/mol. The molecule has 0 spiro atoms. The van der Waals surface area contributed by atoms with E-state index in [4.69, 9.17) is 4.74 Å². The fraction of sp³-hybridized carbons (Fsp3) is 0.500. The maximum Gasteiger partial charge on any atom is 0.276 e. The average Bonchev–Trinajstić information content (AvgIpc) is 2.58. The van der Waals surface area contributed by atoms with Gasteiger partial charge in [-0.1, -0.05) is 25.0 Å². The van der Waals surface area contributed by atoms with E-state index in [2.05, 4.69) is 10.9 Å². The van der Waals surface area contributed by atoms with Gasteiger partial charge in [0.25, 0.3) is 11.8 Å². The van der Waals surface area contributed by atoms with Crippen LogP contribution in [0.2, 0.25) is 0 Å². The standard InChI is InChI=1S/C18H25N3O4/c1-14-7-6-8-15(11-14)25-13-17(23)20-19-16(22)12-21-10-5-3-2-4-9-18(21)24/h6-8,11H,2-5,9-10,12-13H2,1H3,(H,19,22)(H,20,23). The Morgan fingerprint density at radius 2 is 1.88 bits per heavy atom. The number of hydrogen-bond acceptors (Lipinski definition) is 4. The number of rotatable bonds is 5. The van der Waals surface area contributed by atoms with Crippen LogP contribution in [-0.4, -0.2) is 42.3 Å². The Hall–Kier alpha value is -2.57. The first-order valence-corrected chi connectivity index (χ1v) is 8.59. The summed E-state index contributed by atoms with van der Waals surface area (Å²) < 4.78 is 5.35. The second-order valence-corrected chi connectivity index (χ2v) is 6.18. The largest absolute Gasteiger partial charge is 0.484 e. The number of likely N-dealkylation sites (tertiary alicyclic amines) is 1. The van der Waals surface area contributed by atoms with Crippen molar-refractivity contribution in [2.45, 2.75) is 39.0 Å². The normalized spacial score (nSPS) is 15.1. The first-order valence-electron chi connectivity index (χ1n) is 8.59. The maximum absolute atomic E-state index is 12.0. The molecule has 1 aliphatic rings. The summed E-state index contributed by atoms with van der Waals surface area (Å²) in [5.74, 6) is -0.302. The summed E-state index contributed by atoms with van der Waals surface area (Å²) in [6.07, 6.45) is 4.37. The van der Waals surface area contributed by atoms with E-state index in [-0.39, 0.29) is 19.1 Å². The third-order valence-corrected chi connectivity index (χ3v) is 3.96. The molecule has 3 amide bonds. The van der Waals surface area contributed by atoms with Gasteiger partial charge in [0.2, 0.25) is 5.91 Å². The lowest BCUT2D eigenvalue weighted by molar-refractivity contribution is -0.137. The summed E-state index contributed by atoms with van der Waals surface area (Å²) in [4.78, 5) is 37.2. The molecule has 7 nitrogen and oxygen atoms in total. The molecule has 2 N–H and O–H groups in total. The summed E-state index contributed by atoms with van der Waals surface area (Å²) in [7, 11) is 0. The second kappa shape index (κ2) is 9.66. The first kappa shape index (κ1) is 18.8. The van der Waals surface area contributed by atoms with E-state index in [1.165, 1.54) is 0 Å². The third kappa shape index (κ3) is 6.82. The molecule has 1 aromatic carbocycles. The van der Waals surface area contributed by atoms with Gasteiger partial charge in [0, 0.05) is 13.0 Å². The van der Waals surface area contributed by atoms with E-state index in [1.54, 1.807) is 11.0 Å². The monoisotopic (exact) mass is 347 g/mol. The van der Waals surface area contributed by atoms with Crippen molar-refractivity contribution in [2.24, 2.45) is 0 Å². The molecule has 1 aliphatic heterocycles. The molecule has 2 rings (SSSR count). The Bertz CT molecular complexity index is 618. The molecule has 0 atom stereocenters. The molecule has 25 heavy (non-hydrogen) atoms. The van der Waals surface area contributed by atoms with Gasteiger partial charge in [-0.05, 0) is 37.5 Å². The van der Waals surface area contributed by atoms with Gasteiger partial charge >= 0.3 is 0 Å². The predicted octanol–water partition coefficient (Wildman–Crippen LogP) is 1.31. The number of hydrazine groups is 1. The minimum absolute atomic E-state index is 0.0102. The van der Waals surface area contributed by atoms with Gasteiger partial charge in [0.15, 0.2) is 6.61 Å². The Kier molecular flexibility index (Phi) is 7.25. The minimum Gasteiger partial charge on any atom is -0.484 e. The quantitative estimate of drug-likeness (QED) is 0.786. The van der Waals surface area contributed by atoms with Crippen LogP contribution in [0.1, 0.15) is 37.7 Å². The summed E-state index contributed by atoms with van der Waals surface area (Å²) in [5, 5.41) is 0. The second-order valence-electron chi connectivity index (χ2n) is 6.18. The van der Waals surface area contributed by atoms with Gasteiger partial charge in [-0.15, -0.1) is 0 Å². The molecule has 0 unspecified atom stereocenters. The fourth-order valence-electron chi connectivity index (χ4n) is 2.62. The Morgan fingerprint density at radius 1 is 1.12 bits per heavy atom. The lowest BCUT2D eigenvalue weighted by atomic mass is 10.1. The van der Waals surface area contributed by atoms with Crippen molar-refractivity contribution in [3.05, 3.63) is 29.8 Å². The summed E-state index contributed by atoms with van der Waals surface area (Å²) in [5.41, 5.74) is 5.65. The van der Waals surface area contributed by atoms with Crippen LogP contribution in [0.4, 0.5) is 0 Å². The van der Waals surface area contributed by atoms with E-state index < -0.39 is 11.8 Å². The molecule has 136 valence electrons. The van der Waals surface area contributed by atoms with Crippen molar-refractivity contribution >= 4 is 17.7 Å². The number of nitrogens with zero attached hydrogens (tertiary/aromatic N) is 1. The Labute approximate surface area is 147 Å². The van der Waals surface area contributed by atoms with Crippen LogP contribution in [0.25, 0.3) is 0 Å². The number of benzene rings is 1. The molecule has 0 saturated carbocycles. The number of amides is 3. The molecule has 0 bridgehead atoms. The van der Waals surface area contributed by atoms with Gasteiger partial charge in [-0.25, -0.2) is 0 Å². The van der Waals surface area contributed by atoms with Crippen LogP contribution >= 0.6 is 0 Å². The number of aryl methyl sites for hydroxylation is 1. The molecule has 0 aliphatic carbocycles. The van der Waals surface area contributed by atoms with Gasteiger partial charge in [-0.2, -0.15) is 0 Å². The third-order valence-electron chi connectivity index (χ3n) is 3.96. The first-order chi connectivity index (χ1) is 12.0. The van der Waals surface area contributed by atoms with Crippen molar-refractivity contribution in [2.75, 3.05) is 19.7 Å². The van der Waals surface area contributed by atoms with Crippen LogP contribution in [0, 0.1) is 6.92 Å². The molecule has 1 aromatic rings. The molecule has 1 saturated heterocycles. The summed E-state index contributed by atoms with van der Waals surface area (Å²) in [6.45, 7) is 2.26. The lowest BCUT2D eigenvalue weighted by Crippen LogP contribution is -2.49. The number of carbonyl (C=O) groups excluding carboxylic acids is 3. The van der Waals surface area contributed by atoms with E-state index in [9.17, 15) is 14.4 Å². The van der Waals surface area contributed by atoms with Crippen molar-refractivity contribution in [3.8, 4) is 5.75 Å². The summed E-state index contributed by atoms with van der Waals surface area (Å²) >= 11 is 0. The highest BCUT2D eigenvalue weighted by Crippen LogP contribution is 2.12. The zero-order valence-corrected chi connectivity index (χ0v) is 14.5. The lowest BCUT2D eigenvalue weighted by Gasteiger charge is -2.24. The number of hydrogen-bond donors (Lipinski definition) is 2. The van der Waals surface area contributed by atoms with Crippen LogP contribution < -0.4 is 15.6 Å². The molecule has 7 heteroatoms. The van der Waals surface area contributed by atoms with E-state index >= 15 is 0 Å². The maximum atomic E-state index is 12.0. The highest BCUT2D eigenvalue weighted by molar-refractivity contribution is 5.87. The van der Waals surface area contributed by atoms with Crippen molar-refractivity contribution < 1.29 is 19.1 Å². The van der Waals surface area contributed by atoms with E-state index in [1.807, 2.05) is 25.1 Å². The smallest absolute Gasteiger partial charge is 0.276 e. The Balaban J connectivity index is 1.69. The van der Waals surface area contributed by atoms with Crippen LogP contribution in [0.15, 0.2) is 24.3 Å². The molecular weight excluding hydrogens is 322 g/mol. The Morgan fingerprint density at radius 3 is 2.68 bits per heavy atom. The minimum atomic E-state index is -0.464. The number of ether oxygens (including phenoxy) is 1.